The molecular formula is C6H2ClF2I2N. The summed E-state index contributed by atoms with van der Waals surface area (Å²) in [5.41, 5.74) is -0.128. The van der Waals surface area contributed by atoms with Crippen LogP contribution in [-0.2, 0) is 0 Å². The first kappa shape index (κ1) is 10.8. The van der Waals surface area contributed by atoms with Crippen LogP contribution in [0.25, 0.3) is 0 Å². The summed E-state index contributed by atoms with van der Waals surface area (Å²) in [6, 6.07) is 0. The lowest BCUT2D eigenvalue weighted by Crippen LogP contribution is -1.96. The molecule has 0 spiro atoms. The third kappa shape index (κ3) is 2.16. The molecule has 1 aromatic rings. The summed E-state index contributed by atoms with van der Waals surface area (Å²) in [6.45, 7) is 0. The van der Waals surface area contributed by atoms with Crippen molar-refractivity contribution in [2.24, 2.45) is 0 Å². The van der Waals surface area contributed by atoms with Gasteiger partial charge in [0, 0.05) is 6.20 Å². The van der Waals surface area contributed by atoms with E-state index in [1.165, 1.54) is 6.20 Å². The quantitative estimate of drug-likeness (QED) is 0.501. The SMILES string of the molecule is FC(F)c1c(Cl)cnc(I)c1I. The van der Waals surface area contributed by atoms with Crippen LogP contribution in [0.15, 0.2) is 6.20 Å². The molecular weight excluding hydrogens is 413 g/mol. The van der Waals surface area contributed by atoms with Crippen LogP contribution in [0.2, 0.25) is 5.02 Å². The Labute approximate surface area is 100 Å². The van der Waals surface area contributed by atoms with E-state index in [1.807, 2.05) is 45.2 Å². The summed E-state index contributed by atoms with van der Waals surface area (Å²) in [4.78, 5) is 3.84. The van der Waals surface area contributed by atoms with E-state index in [2.05, 4.69) is 4.98 Å². The highest BCUT2D eigenvalue weighted by molar-refractivity contribution is 14.1. The topological polar surface area (TPSA) is 12.9 Å². The zero-order chi connectivity index (χ0) is 9.30. The van der Waals surface area contributed by atoms with Crippen LogP contribution in [0.5, 0.6) is 0 Å². The van der Waals surface area contributed by atoms with E-state index in [1.54, 1.807) is 0 Å². The molecule has 0 saturated heterocycles. The van der Waals surface area contributed by atoms with Crippen LogP contribution in [0.1, 0.15) is 12.0 Å². The van der Waals surface area contributed by atoms with E-state index in [9.17, 15) is 8.78 Å². The molecule has 0 aliphatic rings. The summed E-state index contributed by atoms with van der Waals surface area (Å²) in [6.07, 6.45) is -1.30. The Bertz CT molecular complexity index is 306. The lowest BCUT2D eigenvalue weighted by molar-refractivity contribution is 0.150. The number of aromatic nitrogens is 1. The van der Waals surface area contributed by atoms with E-state index in [-0.39, 0.29) is 10.6 Å². The normalized spacial score (nSPS) is 10.8. The number of pyridine rings is 1. The molecule has 1 aromatic heterocycles. The van der Waals surface area contributed by atoms with Crippen molar-refractivity contribution in [1.82, 2.24) is 4.98 Å². The Hall–Kier alpha value is 0.760. The molecule has 0 N–H and O–H groups in total. The van der Waals surface area contributed by atoms with Crippen molar-refractivity contribution >= 4 is 56.8 Å². The molecule has 0 saturated carbocycles. The smallest absolute Gasteiger partial charge is 0.248 e. The molecule has 66 valence electrons. The molecule has 0 amide bonds. The van der Waals surface area contributed by atoms with Gasteiger partial charge in [-0.15, -0.1) is 0 Å². The van der Waals surface area contributed by atoms with Crippen molar-refractivity contribution in [2.45, 2.75) is 6.43 Å². The molecule has 12 heavy (non-hydrogen) atoms. The van der Waals surface area contributed by atoms with Crippen molar-refractivity contribution in [3.8, 4) is 0 Å². The zero-order valence-electron chi connectivity index (χ0n) is 5.49. The van der Waals surface area contributed by atoms with Gasteiger partial charge in [-0.05, 0) is 45.2 Å². The molecule has 0 bridgehead atoms. The molecule has 0 aliphatic carbocycles. The van der Waals surface area contributed by atoms with Gasteiger partial charge in [0.15, 0.2) is 0 Å². The number of hydrogen-bond acceptors (Lipinski definition) is 1. The lowest BCUT2D eigenvalue weighted by Gasteiger charge is -2.05. The molecule has 0 aromatic carbocycles. The van der Waals surface area contributed by atoms with Gasteiger partial charge in [-0.1, -0.05) is 11.6 Å². The zero-order valence-corrected chi connectivity index (χ0v) is 10.6. The van der Waals surface area contributed by atoms with E-state index in [0.29, 0.717) is 7.27 Å². The van der Waals surface area contributed by atoms with Crippen LogP contribution in [0.3, 0.4) is 0 Å². The second kappa shape index (κ2) is 4.32. The number of rotatable bonds is 1. The van der Waals surface area contributed by atoms with E-state index >= 15 is 0 Å². The largest absolute Gasteiger partial charge is 0.266 e. The summed E-state index contributed by atoms with van der Waals surface area (Å²) >= 11 is 9.25. The van der Waals surface area contributed by atoms with Gasteiger partial charge in [0.1, 0.15) is 3.70 Å². The molecule has 0 unspecified atom stereocenters. The number of halogens is 5. The lowest BCUT2D eigenvalue weighted by atomic mass is 10.3. The second-order valence-electron chi connectivity index (χ2n) is 1.93. The first-order valence-electron chi connectivity index (χ1n) is 2.81. The summed E-state index contributed by atoms with van der Waals surface area (Å²) < 4.78 is 25.7. The predicted molar refractivity (Wildman–Crippen MR) is 59.6 cm³/mol. The molecule has 1 rings (SSSR count). The van der Waals surface area contributed by atoms with Gasteiger partial charge in [-0.25, -0.2) is 13.8 Å². The fraction of sp³-hybridized carbons (Fsp3) is 0.167. The van der Waals surface area contributed by atoms with Crippen LogP contribution in [-0.4, -0.2) is 4.98 Å². The van der Waals surface area contributed by atoms with Crippen molar-refractivity contribution in [1.29, 1.82) is 0 Å². The van der Waals surface area contributed by atoms with Crippen LogP contribution in [0.4, 0.5) is 8.78 Å². The number of hydrogen-bond donors (Lipinski definition) is 0. The minimum atomic E-state index is -2.54. The first-order chi connectivity index (χ1) is 5.54. The van der Waals surface area contributed by atoms with Crippen molar-refractivity contribution in [2.75, 3.05) is 0 Å². The maximum absolute atomic E-state index is 12.3. The summed E-state index contributed by atoms with van der Waals surface area (Å²) in [5.74, 6) is 0. The fourth-order valence-corrected chi connectivity index (χ4v) is 2.14. The van der Waals surface area contributed by atoms with Gasteiger partial charge in [0.25, 0.3) is 6.43 Å². The first-order valence-corrected chi connectivity index (χ1v) is 5.35. The predicted octanol–water partition coefficient (Wildman–Crippen LogP) is 3.88. The van der Waals surface area contributed by atoms with E-state index < -0.39 is 6.43 Å². The van der Waals surface area contributed by atoms with E-state index in [4.69, 9.17) is 11.6 Å². The average molecular weight is 415 g/mol. The van der Waals surface area contributed by atoms with Gasteiger partial charge in [-0.3, -0.25) is 0 Å². The minimum absolute atomic E-state index is 0.0230. The maximum atomic E-state index is 12.3. The molecule has 6 heteroatoms. The standard InChI is InChI=1S/C6H2ClF2I2N/c7-2-1-12-6(11)4(10)3(2)5(8)9/h1,5H. The van der Waals surface area contributed by atoms with Gasteiger partial charge < -0.3 is 0 Å². The molecule has 0 atom stereocenters. The number of alkyl halides is 2. The van der Waals surface area contributed by atoms with Crippen molar-refractivity contribution in [3.05, 3.63) is 24.1 Å². The highest BCUT2D eigenvalue weighted by atomic mass is 127. The van der Waals surface area contributed by atoms with E-state index in [0.717, 1.165) is 0 Å². The Morgan fingerprint density at radius 3 is 2.42 bits per heavy atom. The Morgan fingerprint density at radius 2 is 2.00 bits per heavy atom. The Balaban J connectivity index is 3.33. The third-order valence-electron chi connectivity index (χ3n) is 1.18. The molecule has 0 aliphatic heterocycles. The van der Waals surface area contributed by atoms with Crippen molar-refractivity contribution < 1.29 is 8.78 Å². The monoisotopic (exact) mass is 415 g/mol. The third-order valence-corrected chi connectivity index (χ3v) is 4.43. The highest BCUT2D eigenvalue weighted by Gasteiger charge is 2.18. The highest BCUT2D eigenvalue weighted by Crippen LogP contribution is 2.32. The second-order valence-corrected chi connectivity index (χ2v) is 4.43. The fourth-order valence-electron chi connectivity index (χ4n) is 0.656. The molecule has 1 nitrogen and oxygen atoms in total. The van der Waals surface area contributed by atoms with Gasteiger partial charge in [-0.2, -0.15) is 0 Å². The number of nitrogens with zero attached hydrogens (tertiary/aromatic N) is 1. The molecule has 1 heterocycles. The Kier molecular flexibility index (Phi) is 3.90. The summed E-state index contributed by atoms with van der Waals surface area (Å²) in [5, 5.41) is 0.0230. The van der Waals surface area contributed by atoms with Crippen LogP contribution >= 0.6 is 56.8 Å². The van der Waals surface area contributed by atoms with Crippen molar-refractivity contribution in [3.63, 3.8) is 0 Å². The van der Waals surface area contributed by atoms with Crippen LogP contribution < -0.4 is 0 Å². The maximum Gasteiger partial charge on any atom is 0.266 e. The van der Waals surface area contributed by atoms with Gasteiger partial charge >= 0.3 is 0 Å². The molecule has 0 radical (unpaired) electrons. The minimum Gasteiger partial charge on any atom is -0.248 e. The van der Waals surface area contributed by atoms with Gasteiger partial charge in [0.05, 0.1) is 14.2 Å². The molecule has 0 fully saturated rings. The summed E-state index contributed by atoms with van der Waals surface area (Å²) in [7, 11) is 0. The van der Waals surface area contributed by atoms with Crippen LogP contribution in [0, 0.1) is 7.27 Å². The van der Waals surface area contributed by atoms with Gasteiger partial charge in [0.2, 0.25) is 0 Å². The average Bonchev–Trinajstić information content (AvgIpc) is 1.97. The Morgan fingerprint density at radius 1 is 1.42 bits per heavy atom.